The van der Waals surface area contributed by atoms with Crippen molar-refractivity contribution in [2.24, 2.45) is 0 Å². The van der Waals surface area contributed by atoms with Crippen LogP contribution in [-0.4, -0.2) is 17.1 Å². The highest BCUT2D eigenvalue weighted by Gasteiger charge is 2.11. The van der Waals surface area contributed by atoms with Gasteiger partial charge in [-0.2, -0.15) is 0 Å². The molecule has 98 valence electrons. The number of para-hydroxylation sites is 1. The van der Waals surface area contributed by atoms with E-state index < -0.39 is 0 Å². The first kappa shape index (κ1) is 13.6. The molecule has 1 amide bonds. The number of hydrogen-bond acceptors (Lipinski definition) is 3. The van der Waals surface area contributed by atoms with E-state index in [2.05, 4.69) is 10.3 Å². The summed E-state index contributed by atoms with van der Waals surface area (Å²) in [4.78, 5) is 17.6. The lowest BCUT2D eigenvalue weighted by Crippen LogP contribution is -2.14. The first-order valence-electron chi connectivity index (χ1n) is 6.00. The molecule has 0 bridgehead atoms. The van der Waals surface area contributed by atoms with E-state index in [-0.39, 0.29) is 5.91 Å². The molecule has 0 atom stereocenters. The third-order valence-corrected chi connectivity index (χ3v) is 3.62. The third-order valence-electron chi connectivity index (χ3n) is 2.82. The van der Waals surface area contributed by atoms with Crippen LogP contribution >= 0.6 is 11.8 Å². The summed E-state index contributed by atoms with van der Waals surface area (Å²) in [6, 6.07) is 11.4. The number of benzene rings is 1. The summed E-state index contributed by atoms with van der Waals surface area (Å²) in [5, 5.41) is 2.94. The topological polar surface area (TPSA) is 42.0 Å². The molecular weight excluding hydrogens is 256 g/mol. The third kappa shape index (κ3) is 3.15. The fourth-order valence-corrected chi connectivity index (χ4v) is 2.42. The van der Waals surface area contributed by atoms with Crippen molar-refractivity contribution in [1.82, 2.24) is 4.98 Å². The van der Waals surface area contributed by atoms with Crippen LogP contribution in [0.5, 0.6) is 0 Å². The molecule has 2 rings (SSSR count). The van der Waals surface area contributed by atoms with Gasteiger partial charge in [-0.25, -0.2) is 0 Å². The maximum atomic E-state index is 12.3. The fraction of sp³-hybridized carbons (Fsp3) is 0.200. The number of carbonyl (C=O) groups is 1. The van der Waals surface area contributed by atoms with E-state index in [1.54, 1.807) is 11.8 Å². The van der Waals surface area contributed by atoms with Crippen molar-refractivity contribution in [3.05, 3.63) is 53.3 Å². The molecule has 2 aromatic rings. The molecule has 0 unspecified atom stereocenters. The number of pyridine rings is 1. The molecule has 0 aliphatic heterocycles. The normalized spacial score (nSPS) is 10.3. The summed E-state index contributed by atoms with van der Waals surface area (Å²) in [6.45, 7) is 3.76. The molecule has 4 heteroatoms. The number of aryl methyl sites for hydroxylation is 2. The molecule has 1 N–H and O–H groups in total. The molecule has 0 radical (unpaired) electrons. The Labute approximate surface area is 117 Å². The number of nitrogens with one attached hydrogen (secondary N) is 1. The molecule has 3 nitrogen and oxygen atoms in total. The van der Waals surface area contributed by atoms with Gasteiger partial charge in [0, 0.05) is 10.6 Å². The Morgan fingerprint density at radius 1 is 1.16 bits per heavy atom. The molecule has 0 aliphatic rings. The van der Waals surface area contributed by atoms with Gasteiger partial charge in [-0.05, 0) is 44.4 Å². The van der Waals surface area contributed by atoms with Crippen molar-refractivity contribution in [3.8, 4) is 0 Å². The van der Waals surface area contributed by atoms with E-state index in [0.29, 0.717) is 5.56 Å². The minimum Gasteiger partial charge on any atom is -0.321 e. The Morgan fingerprint density at radius 3 is 2.58 bits per heavy atom. The fourth-order valence-electron chi connectivity index (χ4n) is 1.86. The predicted molar refractivity (Wildman–Crippen MR) is 79.9 cm³/mol. The molecule has 0 fully saturated rings. The zero-order valence-electron chi connectivity index (χ0n) is 11.2. The molecular formula is C15H16N2OS. The Hall–Kier alpha value is -1.81. The molecule has 1 heterocycles. The van der Waals surface area contributed by atoms with Gasteiger partial charge in [-0.3, -0.25) is 9.78 Å². The minimum atomic E-state index is -0.119. The zero-order valence-corrected chi connectivity index (χ0v) is 12.0. The summed E-state index contributed by atoms with van der Waals surface area (Å²) in [6.07, 6.45) is 1.99. The Bertz CT molecular complexity index is 611. The number of nitrogens with zero attached hydrogens (tertiary/aromatic N) is 1. The van der Waals surface area contributed by atoms with E-state index in [1.807, 2.05) is 56.5 Å². The van der Waals surface area contributed by atoms with E-state index in [0.717, 1.165) is 22.0 Å². The average Bonchev–Trinajstić information content (AvgIpc) is 2.39. The second-order valence-electron chi connectivity index (χ2n) is 4.24. The number of carbonyl (C=O) groups excluding carboxylic acids is 1. The van der Waals surface area contributed by atoms with Crippen LogP contribution in [0.1, 0.15) is 21.7 Å². The van der Waals surface area contributed by atoms with Crippen LogP contribution in [0.2, 0.25) is 0 Å². The van der Waals surface area contributed by atoms with E-state index >= 15 is 0 Å². The monoisotopic (exact) mass is 272 g/mol. The van der Waals surface area contributed by atoms with Gasteiger partial charge < -0.3 is 5.32 Å². The zero-order chi connectivity index (χ0) is 13.8. The number of hydrogen-bond donors (Lipinski definition) is 1. The number of anilines is 1. The maximum Gasteiger partial charge on any atom is 0.257 e. The quantitative estimate of drug-likeness (QED) is 0.867. The maximum absolute atomic E-state index is 12.3. The average molecular weight is 272 g/mol. The lowest BCUT2D eigenvalue weighted by molar-refractivity contribution is 0.102. The SMILES string of the molecule is CSc1ccccc1NC(=O)c1ccc(C)nc1C. The summed E-state index contributed by atoms with van der Waals surface area (Å²) >= 11 is 1.61. The highest BCUT2D eigenvalue weighted by molar-refractivity contribution is 7.98. The molecule has 0 saturated carbocycles. The molecule has 0 aliphatic carbocycles. The molecule has 1 aromatic heterocycles. The van der Waals surface area contributed by atoms with Gasteiger partial charge in [-0.15, -0.1) is 11.8 Å². The van der Waals surface area contributed by atoms with E-state index in [9.17, 15) is 4.79 Å². The van der Waals surface area contributed by atoms with E-state index in [1.165, 1.54) is 0 Å². The van der Waals surface area contributed by atoms with Crippen molar-refractivity contribution < 1.29 is 4.79 Å². The standard InChI is InChI=1S/C15H16N2OS/c1-10-8-9-12(11(2)16-10)15(18)17-13-6-4-5-7-14(13)19-3/h4-9H,1-3H3,(H,17,18). The van der Waals surface area contributed by atoms with Crippen LogP contribution in [-0.2, 0) is 0 Å². The second-order valence-corrected chi connectivity index (χ2v) is 5.09. The number of rotatable bonds is 3. The summed E-state index contributed by atoms with van der Waals surface area (Å²) < 4.78 is 0. The Balaban J connectivity index is 2.26. The Kier molecular flexibility index (Phi) is 4.22. The van der Waals surface area contributed by atoms with Crippen molar-refractivity contribution in [2.75, 3.05) is 11.6 Å². The van der Waals surface area contributed by atoms with Crippen LogP contribution < -0.4 is 5.32 Å². The second kappa shape index (κ2) is 5.89. The lowest BCUT2D eigenvalue weighted by Gasteiger charge is -2.10. The lowest BCUT2D eigenvalue weighted by atomic mass is 10.1. The molecule has 1 aromatic carbocycles. The van der Waals surface area contributed by atoms with Gasteiger partial charge >= 0.3 is 0 Å². The smallest absolute Gasteiger partial charge is 0.257 e. The van der Waals surface area contributed by atoms with Crippen LogP contribution in [0, 0.1) is 13.8 Å². The largest absolute Gasteiger partial charge is 0.321 e. The highest BCUT2D eigenvalue weighted by atomic mass is 32.2. The van der Waals surface area contributed by atoms with Crippen molar-refractivity contribution in [1.29, 1.82) is 0 Å². The molecule has 0 spiro atoms. The minimum absolute atomic E-state index is 0.119. The van der Waals surface area contributed by atoms with E-state index in [4.69, 9.17) is 0 Å². The Morgan fingerprint density at radius 2 is 1.89 bits per heavy atom. The molecule has 19 heavy (non-hydrogen) atoms. The first-order valence-corrected chi connectivity index (χ1v) is 7.23. The van der Waals surface area contributed by atoms with Gasteiger partial charge in [0.1, 0.15) is 0 Å². The summed E-state index contributed by atoms with van der Waals surface area (Å²) in [7, 11) is 0. The van der Waals surface area contributed by atoms with Crippen LogP contribution in [0.3, 0.4) is 0 Å². The van der Waals surface area contributed by atoms with Crippen LogP contribution in [0.25, 0.3) is 0 Å². The number of amides is 1. The predicted octanol–water partition coefficient (Wildman–Crippen LogP) is 3.67. The van der Waals surface area contributed by atoms with Gasteiger partial charge in [0.25, 0.3) is 5.91 Å². The van der Waals surface area contributed by atoms with Gasteiger partial charge in [0.15, 0.2) is 0 Å². The van der Waals surface area contributed by atoms with Gasteiger partial charge in [-0.1, -0.05) is 12.1 Å². The van der Waals surface area contributed by atoms with Crippen LogP contribution in [0.4, 0.5) is 5.69 Å². The molecule has 0 saturated heterocycles. The van der Waals surface area contributed by atoms with Crippen molar-refractivity contribution in [3.63, 3.8) is 0 Å². The van der Waals surface area contributed by atoms with Crippen molar-refractivity contribution >= 4 is 23.4 Å². The number of thioether (sulfide) groups is 1. The summed E-state index contributed by atoms with van der Waals surface area (Å²) in [5.74, 6) is -0.119. The highest BCUT2D eigenvalue weighted by Crippen LogP contribution is 2.25. The van der Waals surface area contributed by atoms with Crippen molar-refractivity contribution in [2.45, 2.75) is 18.7 Å². The van der Waals surface area contributed by atoms with Gasteiger partial charge in [0.2, 0.25) is 0 Å². The summed E-state index contributed by atoms with van der Waals surface area (Å²) in [5.41, 5.74) is 3.11. The van der Waals surface area contributed by atoms with Gasteiger partial charge in [0.05, 0.1) is 16.9 Å². The number of aromatic nitrogens is 1. The van der Waals surface area contributed by atoms with Crippen LogP contribution in [0.15, 0.2) is 41.3 Å². The first-order chi connectivity index (χ1) is 9.11.